The van der Waals surface area contributed by atoms with Gasteiger partial charge < -0.3 is 5.32 Å². The Bertz CT molecular complexity index is 952. The number of aliphatic imine (C=N–C) groups is 1. The molecule has 3 rings (SSSR count). The highest BCUT2D eigenvalue weighted by Gasteiger charge is 2.50. The van der Waals surface area contributed by atoms with Gasteiger partial charge in [0.05, 0.1) is 11.3 Å². The first-order valence-corrected chi connectivity index (χ1v) is 8.68. The third kappa shape index (κ3) is 2.84. The number of hydrogen-bond acceptors (Lipinski definition) is 7. The molecule has 128 valence electrons. The Morgan fingerprint density at radius 3 is 2.69 bits per heavy atom. The Labute approximate surface area is 159 Å². The monoisotopic (exact) mass is 380 g/mol. The van der Waals surface area contributed by atoms with E-state index in [0.717, 1.165) is 11.8 Å². The van der Waals surface area contributed by atoms with Gasteiger partial charge in [-0.05, 0) is 24.0 Å². The fraction of sp³-hybridized carbons (Fsp3) is 0.118. The highest BCUT2D eigenvalue weighted by atomic mass is 32.2. The molecule has 7 nitrogen and oxygen atoms in total. The second kappa shape index (κ2) is 7.00. The predicted octanol–water partition coefficient (Wildman–Crippen LogP) is 1.64. The van der Waals surface area contributed by atoms with Crippen molar-refractivity contribution in [2.45, 2.75) is 4.75 Å². The Morgan fingerprint density at radius 1 is 1.35 bits per heavy atom. The number of nitrogens with one attached hydrogen (secondary N) is 3. The molecule has 0 atom stereocenters. The summed E-state index contributed by atoms with van der Waals surface area (Å²) in [5, 5.41) is 22.8. The molecule has 1 heterocycles. The second-order valence-corrected chi connectivity index (χ2v) is 6.88. The van der Waals surface area contributed by atoms with Gasteiger partial charge in [0.2, 0.25) is 4.75 Å². The van der Waals surface area contributed by atoms with Gasteiger partial charge >= 0.3 is 0 Å². The van der Waals surface area contributed by atoms with E-state index in [1.165, 1.54) is 0 Å². The molecule has 0 radical (unpaired) electrons. The van der Waals surface area contributed by atoms with Crippen molar-refractivity contribution in [2.24, 2.45) is 4.99 Å². The lowest BCUT2D eigenvalue weighted by atomic mass is 9.97. The van der Waals surface area contributed by atoms with E-state index in [0.29, 0.717) is 28.5 Å². The van der Waals surface area contributed by atoms with E-state index in [1.54, 1.807) is 30.3 Å². The summed E-state index contributed by atoms with van der Waals surface area (Å²) in [6, 6.07) is 10.9. The number of amidine groups is 1. The van der Waals surface area contributed by atoms with Crippen molar-refractivity contribution in [2.75, 3.05) is 6.54 Å². The molecule has 1 aliphatic heterocycles. The van der Waals surface area contributed by atoms with Crippen LogP contribution < -0.4 is 16.2 Å². The predicted molar refractivity (Wildman–Crippen MR) is 104 cm³/mol. The Morgan fingerprint density at radius 2 is 2.04 bits per heavy atom. The normalized spacial score (nSPS) is 16.4. The van der Waals surface area contributed by atoms with Gasteiger partial charge in [-0.2, -0.15) is 10.5 Å². The highest BCUT2D eigenvalue weighted by molar-refractivity contribution is 8.15. The van der Waals surface area contributed by atoms with E-state index in [2.05, 4.69) is 27.7 Å². The number of thioether (sulfide) groups is 1. The highest BCUT2D eigenvalue weighted by Crippen LogP contribution is 2.47. The Kier molecular flexibility index (Phi) is 4.76. The molecule has 2 aliphatic rings. The van der Waals surface area contributed by atoms with Gasteiger partial charge in [-0.15, -0.1) is 6.58 Å². The molecule has 3 N–H and O–H groups in total. The average Bonchev–Trinajstić information content (AvgIpc) is 2.97. The fourth-order valence-electron chi connectivity index (χ4n) is 2.58. The van der Waals surface area contributed by atoms with E-state index in [1.807, 2.05) is 12.1 Å². The van der Waals surface area contributed by atoms with Crippen LogP contribution in [0.15, 0.2) is 47.5 Å². The minimum atomic E-state index is -1.69. The summed E-state index contributed by atoms with van der Waals surface area (Å²) in [5.74, 6) is -0.342. The quantitative estimate of drug-likeness (QED) is 0.403. The van der Waals surface area contributed by atoms with E-state index in [-0.39, 0.29) is 16.5 Å². The van der Waals surface area contributed by atoms with E-state index >= 15 is 0 Å². The SMILES string of the molecule is C=CCNC(=S)NNC1=NC2=C(C(=O)c3ccccc32)C(C#N)(C#N)S1. The lowest BCUT2D eigenvalue weighted by Gasteiger charge is -2.25. The smallest absolute Gasteiger partial charge is 0.226 e. The van der Waals surface area contributed by atoms with Crippen LogP contribution in [-0.4, -0.2) is 27.4 Å². The fourth-order valence-corrected chi connectivity index (χ4v) is 3.63. The number of benzene rings is 1. The van der Waals surface area contributed by atoms with E-state index < -0.39 is 4.75 Å². The molecule has 0 unspecified atom stereocenters. The molecule has 0 aromatic heterocycles. The Balaban J connectivity index is 1.97. The molecule has 1 aromatic rings. The van der Waals surface area contributed by atoms with Crippen LogP contribution in [0.1, 0.15) is 15.9 Å². The van der Waals surface area contributed by atoms with Crippen molar-refractivity contribution in [3.05, 3.63) is 53.6 Å². The molecule has 1 aromatic carbocycles. The molecule has 9 heteroatoms. The van der Waals surface area contributed by atoms with Crippen molar-refractivity contribution >= 4 is 45.7 Å². The molecule has 1 aliphatic carbocycles. The number of nitrogens with zero attached hydrogens (tertiary/aromatic N) is 3. The van der Waals surface area contributed by atoms with Crippen LogP contribution in [0.5, 0.6) is 0 Å². The van der Waals surface area contributed by atoms with Gasteiger partial charge in [0.1, 0.15) is 12.1 Å². The second-order valence-electron chi connectivity index (χ2n) is 5.27. The number of carbonyl (C=O) groups is 1. The van der Waals surface area contributed by atoms with Crippen LogP contribution in [0.3, 0.4) is 0 Å². The zero-order valence-corrected chi connectivity index (χ0v) is 15.0. The first kappa shape index (κ1) is 17.7. The molecule has 0 fully saturated rings. The molecule has 0 amide bonds. The zero-order chi connectivity index (χ0) is 18.7. The van der Waals surface area contributed by atoms with Crippen molar-refractivity contribution in [1.82, 2.24) is 16.2 Å². The summed E-state index contributed by atoms with van der Waals surface area (Å²) in [6.07, 6.45) is 1.65. The van der Waals surface area contributed by atoms with Gasteiger partial charge in [-0.3, -0.25) is 15.6 Å². The van der Waals surface area contributed by atoms with Gasteiger partial charge in [0, 0.05) is 17.7 Å². The van der Waals surface area contributed by atoms with Gasteiger partial charge in [-0.25, -0.2) is 4.99 Å². The number of fused-ring (bicyclic) bond motifs is 2. The molecular formula is C17H12N6OS2. The molecule has 26 heavy (non-hydrogen) atoms. The molecule has 0 spiro atoms. The van der Waals surface area contributed by atoms with E-state index in [9.17, 15) is 15.3 Å². The van der Waals surface area contributed by atoms with Crippen LogP contribution in [0, 0.1) is 22.7 Å². The number of nitriles is 2. The topological polar surface area (TPSA) is 113 Å². The maximum Gasteiger partial charge on any atom is 0.226 e. The lowest BCUT2D eigenvalue weighted by Crippen LogP contribution is -2.48. The summed E-state index contributed by atoms with van der Waals surface area (Å²) >= 11 is 5.95. The summed E-state index contributed by atoms with van der Waals surface area (Å²) in [7, 11) is 0. The van der Waals surface area contributed by atoms with Crippen molar-refractivity contribution in [1.29, 1.82) is 10.5 Å². The molecular weight excluding hydrogens is 368 g/mol. The standard InChI is InChI=1S/C17H12N6OS2/c1-2-7-20-15(25)22-23-16-21-13-10-5-3-4-6-11(10)14(24)12(13)17(8-18,9-19)26-16/h2-6H,1,7H2,(H,21,23)(H2,20,22,25). The number of hydrogen-bond donors (Lipinski definition) is 3. The summed E-state index contributed by atoms with van der Waals surface area (Å²) in [5.41, 5.74) is 7.01. The van der Waals surface area contributed by atoms with Gasteiger partial charge in [0.15, 0.2) is 16.1 Å². The lowest BCUT2D eigenvalue weighted by molar-refractivity contribution is 0.103. The first-order valence-electron chi connectivity index (χ1n) is 7.46. The van der Waals surface area contributed by atoms with Gasteiger partial charge in [0.25, 0.3) is 0 Å². The summed E-state index contributed by atoms with van der Waals surface area (Å²) < 4.78 is -1.69. The maximum absolute atomic E-state index is 12.7. The first-order chi connectivity index (χ1) is 12.6. The average molecular weight is 380 g/mol. The number of ketones is 1. The number of rotatable bonds is 2. The number of carbonyl (C=O) groups excluding carboxylic acids is 1. The largest absolute Gasteiger partial charge is 0.358 e. The number of Topliss-reactive ketones (excluding diaryl/α,β-unsaturated/α-hetero) is 1. The zero-order valence-electron chi connectivity index (χ0n) is 13.4. The third-order valence-corrected chi connectivity index (χ3v) is 5.04. The maximum atomic E-state index is 12.7. The molecule has 0 bridgehead atoms. The minimum absolute atomic E-state index is 0.103. The van der Waals surface area contributed by atoms with E-state index in [4.69, 9.17) is 12.2 Å². The minimum Gasteiger partial charge on any atom is -0.358 e. The number of hydrazine groups is 1. The van der Waals surface area contributed by atoms with Crippen LogP contribution in [0.4, 0.5) is 0 Å². The third-order valence-electron chi connectivity index (χ3n) is 3.71. The van der Waals surface area contributed by atoms with Crippen molar-refractivity contribution < 1.29 is 4.79 Å². The van der Waals surface area contributed by atoms with Crippen LogP contribution in [0.25, 0.3) is 5.70 Å². The summed E-state index contributed by atoms with van der Waals surface area (Å²) in [6.45, 7) is 4.06. The van der Waals surface area contributed by atoms with Crippen LogP contribution >= 0.6 is 24.0 Å². The van der Waals surface area contributed by atoms with Crippen LogP contribution in [-0.2, 0) is 0 Å². The molecule has 0 saturated carbocycles. The summed E-state index contributed by atoms with van der Waals surface area (Å²) in [4.78, 5) is 17.2. The van der Waals surface area contributed by atoms with Crippen molar-refractivity contribution in [3.63, 3.8) is 0 Å². The van der Waals surface area contributed by atoms with Crippen LogP contribution in [0.2, 0.25) is 0 Å². The van der Waals surface area contributed by atoms with Crippen molar-refractivity contribution in [3.8, 4) is 12.1 Å². The number of thiocarbonyl (C=S) groups is 1. The van der Waals surface area contributed by atoms with Gasteiger partial charge in [-0.1, -0.05) is 30.3 Å². The Hall–Kier alpha value is -3.14. The molecule has 0 saturated heterocycles.